The Hall–Kier alpha value is -1.81. The van der Waals surface area contributed by atoms with Gasteiger partial charge in [0.15, 0.2) is 0 Å². The van der Waals surface area contributed by atoms with E-state index in [2.05, 4.69) is 46.3 Å². The lowest BCUT2D eigenvalue weighted by Crippen LogP contribution is -3.05. The summed E-state index contributed by atoms with van der Waals surface area (Å²) in [6, 6.07) is 9.78. The highest BCUT2D eigenvalue weighted by Gasteiger charge is 2.30. The molecule has 144 valence electrons. The second-order valence-corrected chi connectivity index (χ2v) is 8.27. The Bertz CT molecular complexity index is 597. The number of para-hydroxylation sites is 1. The van der Waals surface area contributed by atoms with Crippen molar-refractivity contribution in [1.82, 2.24) is 4.90 Å². The molecule has 0 saturated heterocycles. The van der Waals surface area contributed by atoms with Crippen LogP contribution < -0.4 is 10.2 Å². The number of carbonyl (C=O) groups is 1. The normalized spacial score (nSPS) is 22.8. The third-order valence-corrected chi connectivity index (χ3v) is 5.45. The summed E-state index contributed by atoms with van der Waals surface area (Å²) in [5.74, 6) is 1.65. The number of allylic oxidation sites excluding steroid dienone is 2. The maximum atomic E-state index is 12.9. The smallest absolute Gasteiger partial charge is 0.321 e. The summed E-state index contributed by atoms with van der Waals surface area (Å²) in [6.45, 7) is 9.55. The molecule has 1 aliphatic rings. The van der Waals surface area contributed by atoms with Gasteiger partial charge in [-0.15, -0.1) is 0 Å². The number of anilines is 1. The molecule has 1 aromatic rings. The first-order valence-corrected chi connectivity index (χ1v) is 9.94. The van der Waals surface area contributed by atoms with Crippen molar-refractivity contribution >= 4 is 11.7 Å². The Morgan fingerprint density at radius 2 is 1.92 bits per heavy atom. The minimum absolute atomic E-state index is 0.0237. The van der Waals surface area contributed by atoms with Crippen molar-refractivity contribution in [2.75, 3.05) is 39.0 Å². The third-order valence-electron chi connectivity index (χ3n) is 5.45. The van der Waals surface area contributed by atoms with E-state index in [4.69, 9.17) is 0 Å². The van der Waals surface area contributed by atoms with Gasteiger partial charge in [-0.3, -0.25) is 0 Å². The second-order valence-electron chi connectivity index (χ2n) is 8.27. The average molecular weight is 359 g/mol. The van der Waals surface area contributed by atoms with Crippen LogP contribution in [0.5, 0.6) is 0 Å². The molecule has 0 spiro atoms. The molecule has 0 fully saturated rings. The molecular formula is C22H36N3O+. The zero-order chi connectivity index (χ0) is 19.1. The third kappa shape index (κ3) is 6.17. The molecule has 0 unspecified atom stereocenters. The maximum absolute atomic E-state index is 12.9. The van der Waals surface area contributed by atoms with Crippen LogP contribution in [0.3, 0.4) is 0 Å². The van der Waals surface area contributed by atoms with Crippen molar-refractivity contribution in [3.63, 3.8) is 0 Å². The predicted octanol–water partition coefficient (Wildman–Crippen LogP) is 3.29. The number of quaternary nitrogens is 1. The van der Waals surface area contributed by atoms with Crippen molar-refractivity contribution < 1.29 is 9.69 Å². The Kier molecular flexibility index (Phi) is 7.70. The number of hydrogen-bond donors (Lipinski definition) is 2. The van der Waals surface area contributed by atoms with Crippen LogP contribution in [-0.4, -0.2) is 44.7 Å². The standard InChI is InChI=1S/C22H35N3O/c1-17-14-18(2)21(19(3)15-17)16-25(13-9-12-24(4)5)22(26)23-20-10-7-6-8-11-20/h6-8,10-11,14,18-19,21H,9,12-13,15-16H2,1-5H3,(H,23,26)/p+1/t18-,19-,21+/m0/s1. The summed E-state index contributed by atoms with van der Waals surface area (Å²) in [5, 5.41) is 3.07. The van der Waals surface area contributed by atoms with Gasteiger partial charge < -0.3 is 15.1 Å². The summed E-state index contributed by atoms with van der Waals surface area (Å²) in [4.78, 5) is 16.4. The largest absolute Gasteiger partial charge is 0.340 e. The molecule has 4 heteroatoms. The lowest BCUT2D eigenvalue weighted by Gasteiger charge is -2.37. The van der Waals surface area contributed by atoms with Crippen molar-refractivity contribution in [3.8, 4) is 0 Å². The van der Waals surface area contributed by atoms with Gasteiger partial charge >= 0.3 is 6.03 Å². The minimum Gasteiger partial charge on any atom is -0.340 e. The topological polar surface area (TPSA) is 36.8 Å². The van der Waals surface area contributed by atoms with Crippen LogP contribution in [0.15, 0.2) is 42.0 Å². The fourth-order valence-electron chi connectivity index (χ4n) is 4.04. The first kappa shape index (κ1) is 20.5. The fraction of sp³-hybridized carbons (Fsp3) is 0.591. The number of hydrogen-bond acceptors (Lipinski definition) is 1. The highest BCUT2D eigenvalue weighted by molar-refractivity contribution is 5.89. The molecule has 0 radical (unpaired) electrons. The van der Waals surface area contributed by atoms with Crippen molar-refractivity contribution in [3.05, 3.63) is 42.0 Å². The van der Waals surface area contributed by atoms with Gasteiger partial charge in [-0.2, -0.15) is 0 Å². The molecule has 0 heterocycles. The van der Waals surface area contributed by atoms with Crippen LogP contribution in [0.25, 0.3) is 0 Å². The summed E-state index contributed by atoms with van der Waals surface area (Å²) >= 11 is 0. The molecule has 1 aromatic carbocycles. The lowest BCUT2D eigenvalue weighted by atomic mass is 9.75. The molecule has 26 heavy (non-hydrogen) atoms. The number of carbonyl (C=O) groups excluding carboxylic acids is 1. The molecular weight excluding hydrogens is 322 g/mol. The summed E-state index contributed by atoms with van der Waals surface area (Å²) in [6.07, 6.45) is 4.56. The first-order chi connectivity index (χ1) is 12.4. The average Bonchev–Trinajstić information content (AvgIpc) is 2.56. The quantitative estimate of drug-likeness (QED) is 0.721. The van der Waals surface area contributed by atoms with E-state index in [1.165, 1.54) is 10.5 Å². The van der Waals surface area contributed by atoms with Crippen molar-refractivity contribution in [2.24, 2.45) is 17.8 Å². The molecule has 1 aliphatic carbocycles. The first-order valence-electron chi connectivity index (χ1n) is 9.94. The number of nitrogens with one attached hydrogen (secondary N) is 2. The van der Waals surface area contributed by atoms with Gasteiger partial charge in [0.2, 0.25) is 0 Å². The van der Waals surface area contributed by atoms with Crippen LogP contribution in [0.4, 0.5) is 10.5 Å². The lowest BCUT2D eigenvalue weighted by molar-refractivity contribution is -0.858. The molecule has 2 amide bonds. The van der Waals surface area contributed by atoms with Crippen LogP contribution in [0.1, 0.15) is 33.6 Å². The maximum Gasteiger partial charge on any atom is 0.321 e. The minimum atomic E-state index is 0.0237. The van der Waals surface area contributed by atoms with Gasteiger partial charge in [0.1, 0.15) is 0 Å². The molecule has 2 rings (SSSR count). The van der Waals surface area contributed by atoms with E-state index in [-0.39, 0.29) is 6.03 Å². The summed E-state index contributed by atoms with van der Waals surface area (Å²) in [7, 11) is 4.32. The van der Waals surface area contributed by atoms with Gasteiger partial charge in [0, 0.05) is 25.2 Å². The van der Waals surface area contributed by atoms with Gasteiger partial charge in [-0.05, 0) is 43.2 Å². The molecule has 2 N–H and O–H groups in total. The molecule has 4 nitrogen and oxygen atoms in total. The van der Waals surface area contributed by atoms with Crippen LogP contribution in [0.2, 0.25) is 0 Å². The number of nitrogens with zero attached hydrogens (tertiary/aromatic N) is 1. The molecule has 0 aliphatic heterocycles. The number of rotatable bonds is 7. The van der Waals surface area contributed by atoms with Gasteiger partial charge in [0.05, 0.1) is 20.6 Å². The van der Waals surface area contributed by atoms with Crippen molar-refractivity contribution in [1.29, 1.82) is 0 Å². The zero-order valence-electron chi connectivity index (χ0n) is 17.1. The Labute approximate surface area is 159 Å². The number of amides is 2. The van der Waals surface area contributed by atoms with E-state index in [0.29, 0.717) is 17.8 Å². The summed E-state index contributed by atoms with van der Waals surface area (Å²) in [5.41, 5.74) is 2.35. The Morgan fingerprint density at radius 3 is 2.54 bits per heavy atom. The van der Waals surface area contributed by atoms with Crippen LogP contribution in [-0.2, 0) is 0 Å². The van der Waals surface area contributed by atoms with Gasteiger partial charge in [-0.1, -0.05) is 43.7 Å². The van der Waals surface area contributed by atoms with Crippen LogP contribution >= 0.6 is 0 Å². The van der Waals surface area contributed by atoms with E-state index in [9.17, 15) is 4.79 Å². The molecule has 0 bridgehead atoms. The van der Waals surface area contributed by atoms with E-state index < -0.39 is 0 Å². The molecule has 0 aromatic heterocycles. The van der Waals surface area contributed by atoms with Gasteiger partial charge in [0.25, 0.3) is 0 Å². The highest BCUT2D eigenvalue weighted by atomic mass is 16.2. The number of urea groups is 1. The monoisotopic (exact) mass is 358 g/mol. The second kappa shape index (κ2) is 9.77. The molecule has 0 saturated carbocycles. The van der Waals surface area contributed by atoms with E-state index >= 15 is 0 Å². The van der Waals surface area contributed by atoms with Gasteiger partial charge in [-0.25, -0.2) is 4.79 Å². The summed E-state index contributed by atoms with van der Waals surface area (Å²) < 4.78 is 0. The highest BCUT2D eigenvalue weighted by Crippen LogP contribution is 2.34. The zero-order valence-corrected chi connectivity index (χ0v) is 17.1. The predicted molar refractivity (Wildman–Crippen MR) is 110 cm³/mol. The van der Waals surface area contributed by atoms with E-state index in [1.54, 1.807) is 0 Å². The van der Waals surface area contributed by atoms with E-state index in [0.717, 1.165) is 38.2 Å². The fourth-order valence-corrected chi connectivity index (χ4v) is 4.04. The van der Waals surface area contributed by atoms with Crippen LogP contribution in [0, 0.1) is 17.8 Å². The Morgan fingerprint density at radius 1 is 1.23 bits per heavy atom. The van der Waals surface area contributed by atoms with Crippen molar-refractivity contribution in [2.45, 2.75) is 33.6 Å². The molecule has 3 atom stereocenters. The van der Waals surface area contributed by atoms with E-state index in [1.807, 2.05) is 35.2 Å². The Balaban J connectivity index is 2.06. The number of benzene rings is 1. The SMILES string of the molecule is CC1=C[C@H](C)[C@@H](CN(CCC[NH+](C)C)C(=O)Nc2ccccc2)[C@@H](C)C1.